The molecule has 10 nitrogen and oxygen atoms in total. The van der Waals surface area contributed by atoms with Crippen LogP contribution in [0, 0.1) is 6.92 Å². The van der Waals surface area contributed by atoms with Crippen LogP contribution in [0.4, 0.5) is 23.3 Å². The number of benzene rings is 2. The summed E-state index contributed by atoms with van der Waals surface area (Å²) in [5, 5.41) is 6.08. The summed E-state index contributed by atoms with van der Waals surface area (Å²) in [7, 11) is 0. The van der Waals surface area contributed by atoms with Crippen LogP contribution < -0.4 is 25.8 Å². The average Bonchev–Trinajstić information content (AvgIpc) is 2.79. The molecule has 1 aliphatic rings. The van der Waals surface area contributed by atoms with E-state index in [9.17, 15) is 4.79 Å². The first kappa shape index (κ1) is 22.3. The molecule has 0 saturated heterocycles. The molecule has 0 radical (unpaired) electrons. The number of aromatic nitrogens is 3. The number of fused-ring (bicyclic) bond motifs is 1. The molecular weight excluding hydrogens is 422 g/mol. The summed E-state index contributed by atoms with van der Waals surface area (Å²) in [6.07, 6.45) is 0. The van der Waals surface area contributed by atoms with E-state index in [4.69, 9.17) is 15.2 Å². The highest BCUT2D eigenvalue weighted by atomic mass is 16.6. The molecule has 4 rings (SSSR count). The summed E-state index contributed by atoms with van der Waals surface area (Å²) in [6, 6.07) is 13.2. The maximum atomic E-state index is 12.6. The van der Waals surface area contributed by atoms with Gasteiger partial charge in [0.15, 0.2) is 11.5 Å². The van der Waals surface area contributed by atoms with Crippen molar-refractivity contribution in [2.24, 2.45) is 0 Å². The molecule has 10 heteroatoms. The first-order valence-electron chi connectivity index (χ1n) is 10.7. The minimum Gasteiger partial charge on any atom is -0.486 e. The third-order valence-electron chi connectivity index (χ3n) is 5.10. The van der Waals surface area contributed by atoms with Gasteiger partial charge < -0.3 is 25.8 Å². The van der Waals surface area contributed by atoms with Gasteiger partial charge in [0, 0.05) is 17.4 Å². The number of rotatable bonds is 8. The van der Waals surface area contributed by atoms with Crippen LogP contribution in [0.3, 0.4) is 0 Å². The number of amides is 1. The predicted molar refractivity (Wildman–Crippen MR) is 126 cm³/mol. The number of carbonyl (C=O) groups is 1. The van der Waals surface area contributed by atoms with E-state index in [1.807, 2.05) is 43.0 Å². The average molecular weight is 450 g/mol. The van der Waals surface area contributed by atoms with Crippen LogP contribution in [-0.4, -0.2) is 52.1 Å². The molecule has 0 bridgehead atoms. The van der Waals surface area contributed by atoms with Crippen molar-refractivity contribution >= 4 is 29.2 Å². The summed E-state index contributed by atoms with van der Waals surface area (Å²) in [4.78, 5) is 27.5. The van der Waals surface area contributed by atoms with Crippen molar-refractivity contribution < 1.29 is 14.3 Å². The van der Waals surface area contributed by atoms with Gasteiger partial charge in [-0.25, -0.2) is 0 Å². The van der Waals surface area contributed by atoms with E-state index in [0.717, 1.165) is 11.3 Å². The van der Waals surface area contributed by atoms with Crippen molar-refractivity contribution in [3.8, 4) is 11.5 Å². The van der Waals surface area contributed by atoms with E-state index in [0.29, 0.717) is 55.3 Å². The van der Waals surface area contributed by atoms with E-state index in [1.165, 1.54) is 0 Å². The highest BCUT2D eigenvalue weighted by molar-refractivity contribution is 5.92. The number of nitrogens with zero attached hydrogens (tertiary/aromatic N) is 4. The Morgan fingerprint density at radius 1 is 1.09 bits per heavy atom. The fourth-order valence-corrected chi connectivity index (χ4v) is 3.40. The van der Waals surface area contributed by atoms with Crippen LogP contribution in [0.5, 0.6) is 11.5 Å². The number of aryl methyl sites for hydroxylation is 1. The van der Waals surface area contributed by atoms with Gasteiger partial charge in [0.2, 0.25) is 17.8 Å². The summed E-state index contributed by atoms with van der Waals surface area (Å²) in [6.45, 7) is 6.11. The van der Waals surface area contributed by atoms with Crippen molar-refractivity contribution in [2.75, 3.05) is 42.7 Å². The number of anilines is 4. The smallest absolute Gasteiger partial charge is 0.238 e. The summed E-state index contributed by atoms with van der Waals surface area (Å²) >= 11 is 0. The minimum atomic E-state index is -0.159. The van der Waals surface area contributed by atoms with Gasteiger partial charge in [0.1, 0.15) is 19.0 Å². The van der Waals surface area contributed by atoms with E-state index >= 15 is 0 Å². The SMILES string of the molecule is CCN(CC(=O)Nc1ccc2c(c1)OCCO2)Cc1nc(N)nc(Nc2ccccc2C)n1. The Hall–Kier alpha value is -3.92. The minimum absolute atomic E-state index is 0.118. The Kier molecular flexibility index (Phi) is 6.84. The number of nitrogen functional groups attached to an aromatic ring is 1. The number of para-hydroxylation sites is 1. The lowest BCUT2D eigenvalue weighted by molar-refractivity contribution is -0.117. The van der Waals surface area contributed by atoms with E-state index < -0.39 is 0 Å². The monoisotopic (exact) mass is 449 g/mol. The maximum absolute atomic E-state index is 12.6. The molecule has 172 valence electrons. The molecule has 0 unspecified atom stereocenters. The van der Waals surface area contributed by atoms with E-state index in [1.54, 1.807) is 18.2 Å². The molecule has 0 spiro atoms. The number of nitrogens with two attached hydrogens (primary N) is 1. The molecule has 3 aromatic rings. The number of likely N-dealkylation sites (N-methyl/N-ethyl adjacent to an activating group) is 1. The lowest BCUT2D eigenvalue weighted by Gasteiger charge is -2.21. The van der Waals surface area contributed by atoms with Gasteiger partial charge in [-0.1, -0.05) is 25.1 Å². The van der Waals surface area contributed by atoms with Crippen LogP contribution in [-0.2, 0) is 11.3 Å². The maximum Gasteiger partial charge on any atom is 0.238 e. The third-order valence-corrected chi connectivity index (χ3v) is 5.10. The Morgan fingerprint density at radius 2 is 1.88 bits per heavy atom. The fourth-order valence-electron chi connectivity index (χ4n) is 3.40. The third kappa shape index (κ3) is 5.86. The van der Waals surface area contributed by atoms with Crippen molar-refractivity contribution in [2.45, 2.75) is 20.4 Å². The van der Waals surface area contributed by atoms with Crippen LogP contribution in [0.25, 0.3) is 0 Å². The van der Waals surface area contributed by atoms with Gasteiger partial charge in [0.25, 0.3) is 0 Å². The Bertz CT molecular complexity index is 1140. The highest BCUT2D eigenvalue weighted by Gasteiger charge is 2.16. The second-order valence-corrected chi connectivity index (χ2v) is 7.58. The molecule has 0 atom stereocenters. The molecule has 2 heterocycles. The van der Waals surface area contributed by atoms with Gasteiger partial charge in [-0.2, -0.15) is 15.0 Å². The van der Waals surface area contributed by atoms with Gasteiger partial charge in [-0.3, -0.25) is 9.69 Å². The van der Waals surface area contributed by atoms with Crippen molar-refractivity contribution in [1.82, 2.24) is 19.9 Å². The van der Waals surface area contributed by atoms with Crippen LogP contribution in [0.1, 0.15) is 18.3 Å². The topological polar surface area (TPSA) is 128 Å². The molecule has 0 aliphatic carbocycles. The zero-order chi connectivity index (χ0) is 23.2. The largest absolute Gasteiger partial charge is 0.486 e. The number of hydrogen-bond acceptors (Lipinski definition) is 9. The molecule has 1 aromatic heterocycles. The molecule has 33 heavy (non-hydrogen) atoms. The highest BCUT2D eigenvalue weighted by Crippen LogP contribution is 2.32. The Balaban J connectivity index is 1.39. The number of carbonyl (C=O) groups excluding carboxylic acids is 1. The van der Waals surface area contributed by atoms with Gasteiger partial charge in [-0.05, 0) is 37.2 Å². The fraction of sp³-hybridized carbons (Fsp3) is 0.304. The van der Waals surface area contributed by atoms with Crippen molar-refractivity contribution in [3.63, 3.8) is 0 Å². The standard InChI is InChI=1S/C23H27N7O3/c1-3-30(14-21(31)25-16-8-9-18-19(12-16)33-11-10-32-18)13-20-27-22(24)29-23(28-20)26-17-7-5-4-6-15(17)2/h4-9,12H,3,10-11,13-14H2,1-2H3,(H,25,31)(H3,24,26,27,28,29). The molecule has 0 saturated carbocycles. The second kappa shape index (κ2) is 10.1. The van der Waals surface area contributed by atoms with Gasteiger partial charge in [-0.15, -0.1) is 0 Å². The molecule has 1 amide bonds. The normalized spacial score (nSPS) is 12.5. The summed E-state index contributed by atoms with van der Waals surface area (Å²) in [5.74, 6) is 2.11. The summed E-state index contributed by atoms with van der Waals surface area (Å²) in [5.41, 5.74) is 8.50. The van der Waals surface area contributed by atoms with Gasteiger partial charge >= 0.3 is 0 Å². The van der Waals surface area contributed by atoms with Crippen LogP contribution in [0.15, 0.2) is 42.5 Å². The van der Waals surface area contributed by atoms with Crippen LogP contribution >= 0.6 is 0 Å². The quantitative estimate of drug-likeness (QED) is 0.475. The number of ether oxygens (including phenoxy) is 2. The Labute approximate surface area is 192 Å². The molecular formula is C23H27N7O3. The van der Waals surface area contributed by atoms with Gasteiger partial charge in [0.05, 0.1) is 13.1 Å². The van der Waals surface area contributed by atoms with E-state index in [2.05, 4.69) is 25.6 Å². The van der Waals surface area contributed by atoms with E-state index in [-0.39, 0.29) is 18.4 Å². The molecule has 0 fully saturated rings. The first-order chi connectivity index (χ1) is 16.0. The molecule has 4 N–H and O–H groups in total. The lowest BCUT2D eigenvalue weighted by Crippen LogP contribution is -2.33. The Morgan fingerprint density at radius 3 is 2.67 bits per heavy atom. The molecule has 2 aromatic carbocycles. The van der Waals surface area contributed by atoms with Crippen molar-refractivity contribution in [1.29, 1.82) is 0 Å². The zero-order valence-electron chi connectivity index (χ0n) is 18.7. The number of hydrogen-bond donors (Lipinski definition) is 3. The number of nitrogens with one attached hydrogen (secondary N) is 2. The second-order valence-electron chi connectivity index (χ2n) is 7.58. The zero-order valence-corrected chi connectivity index (χ0v) is 18.7. The molecule has 1 aliphatic heterocycles. The predicted octanol–water partition coefficient (Wildman–Crippen LogP) is 2.74. The van der Waals surface area contributed by atoms with Crippen molar-refractivity contribution in [3.05, 3.63) is 53.9 Å². The summed E-state index contributed by atoms with van der Waals surface area (Å²) < 4.78 is 11.1. The van der Waals surface area contributed by atoms with Crippen LogP contribution in [0.2, 0.25) is 0 Å². The first-order valence-corrected chi connectivity index (χ1v) is 10.7. The lowest BCUT2D eigenvalue weighted by atomic mass is 10.2.